The first kappa shape index (κ1) is 15.7. The standard InChI is InChI=1S/C11H15ClN2O4S/c1-8(15)13-5-6-14-19(16,17)9-3-4-11(18-2)10(12)7-9/h3-4,7,14H,5-6H2,1-2H3,(H,13,15). The van der Waals surface area contributed by atoms with E-state index >= 15 is 0 Å². The topological polar surface area (TPSA) is 84.5 Å². The van der Waals surface area contributed by atoms with E-state index in [1.807, 2.05) is 0 Å². The molecule has 0 atom stereocenters. The molecule has 0 saturated heterocycles. The second-order valence-electron chi connectivity index (χ2n) is 3.68. The Morgan fingerprint density at radius 2 is 2.05 bits per heavy atom. The zero-order chi connectivity index (χ0) is 14.5. The minimum absolute atomic E-state index is 0.0427. The van der Waals surface area contributed by atoms with Crippen LogP contribution in [0.5, 0.6) is 5.75 Å². The van der Waals surface area contributed by atoms with E-state index < -0.39 is 10.0 Å². The van der Waals surface area contributed by atoms with Crippen molar-refractivity contribution in [2.45, 2.75) is 11.8 Å². The van der Waals surface area contributed by atoms with Crippen molar-refractivity contribution in [3.63, 3.8) is 0 Å². The van der Waals surface area contributed by atoms with Crippen molar-refractivity contribution in [2.24, 2.45) is 0 Å². The van der Waals surface area contributed by atoms with Crippen LogP contribution < -0.4 is 14.8 Å². The van der Waals surface area contributed by atoms with Gasteiger partial charge in [0.25, 0.3) is 0 Å². The Hall–Kier alpha value is -1.31. The Morgan fingerprint density at radius 3 is 2.58 bits per heavy atom. The molecule has 0 bridgehead atoms. The van der Waals surface area contributed by atoms with E-state index in [-0.39, 0.29) is 28.9 Å². The Bertz CT molecular complexity index is 560. The molecule has 0 fully saturated rings. The molecule has 1 amide bonds. The minimum Gasteiger partial charge on any atom is -0.495 e. The fraction of sp³-hybridized carbons (Fsp3) is 0.364. The van der Waals surface area contributed by atoms with E-state index in [0.717, 1.165) is 0 Å². The zero-order valence-corrected chi connectivity index (χ0v) is 12.1. The molecular formula is C11H15ClN2O4S. The predicted molar refractivity (Wildman–Crippen MR) is 71.9 cm³/mol. The lowest BCUT2D eigenvalue weighted by atomic mass is 10.3. The van der Waals surface area contributed by atoms with Crippen LogP contribution in [0.25, 0.3) is 0 Å². The highest BCUT2D eigenvalue weighted by molar-refractivity contribution is 7.89. The van der Waals surface area contributed by atoms with Crippen molar-refractivity contribution in [3.8, 4) is 5.75 Å². The van der Waals surface area contributed by atoms with Gasteiger partial charge in [-0.3, -0.25) is 4.79 Å². The molecule has 106 valence electrons. The van der Waals surface area contributed by atoms with E-state index in [4.69, 9.17) is 16.3 Å². The molecule has 8 heteroatoms. The second kappa shape index (κ2) is 6.74. The lowest BCUT2D eigenvalue weighted by Gasteiger charge is -2.09. The van der Waals surface area contributed by atoms with E-state index in [2.05, 4.69) is 10.0 Å². The van der Waals surface area contributed by atoms with Gasteiger partial charge in [0, 0.05) is 20.0 Å². The molecule has 1 rings (SSSR count). The molecule has 0 radical (unpaired) electrons. The normalized spacial score (nSPS) is 11.1. The van der Waals surface area contributed by atoms with Crippen LogP contribution in [0.3, 0.4) is 0 Å². The van der Waals surface area contributed by atoms with Gasteiger partial charge in [-0.1, -0.05) is 11.6 Å². The van der Waals surface area contributed by atoms with Crippen LogP contribution in [0.2, 0.25) is 5.02 Å². The molecule has 2 N–H and O–H groups in total. The highest BCUT2D eigenvalue weighted by Gasteiger charge is 2.15. The number of carbonyl (C=O) groups is 1. The number of rotatable bonds is 6. The summed E-state index contributed by atoms with van der Waals surface area (Å²) in [6.45, 7) is 1.68. The average Bonchev–Trinajstić information content (AvgIpc) is 2.34. The number of halogens is 1. The minimum atomic E-state index is -3.65. The van der Waals surface area contributed by atoms with Crippen molar-refractivity contribution in [3.05, 3.63) is 23.2 Å². The molecular weight excluding hydrogens is 292 g/mol. The van der Waals surface area contributed by atoms with Crippen molar-refractivity contribution in [1.82, 2.24) is 10.0 Å². The van der Waals surface area contributed by atoms with Crippen LogP contribution >= 0.6 is 11.6 Å². The van der Waals surface area contributed by atoms with Gasteiger partial charge in [0.2, 0.25) is 15.9 Å². The average molecular weight is 307 g/mol. The maximum Gasteiger partial charge on any atom is 0.240 e. The van der Waals surface area contributed by atoms with Crippen molar-refractivity contribution < 1.29 is 17.9 Å². The molecule has 0 heterocycles. The van der Waals surface area contributed by atoms with Gasteiger partial charge in [-0.15, -0.1) is 0 Å². The summed E-state index contributed by atoms with van der Waals surface area (Å²) in [6, 6.07) is 4.18. The van der Waals surface area contributed by atoms with E-state index in [1.165, 1.54) is 32.2 Å². The second-order valence-corrected chi connectivity index (χ2v) is 5.85. The largest absolute Gasteiger partial charge is 0.495 e. The Balaban J connectivity index is 2.72. The number of amides is 1. The van der Waals surface area contributed by atoms with E-state index in [9.17, 15) is 13.2 Å². The summed E-state index contributed by atoms with van der Waals surface area (Å²) in [5.74, 6) is 0.186. The number of ether oxygens (including phenoxy) is 1. The predicted octanol–water partition coefficient (Wildman–Crippen LogP) is 0.763. The number of methoxy groups -OCH3 is 1. The van der Waals surface area contributed by atoms with Crippen molar-refractivity contribution in [1.29, 1.82) is 0 Å². The highest BCUT2D eigenvalue weighted by atomic mass is 35.5. The molecule has 0 unspecified atom stereocenters. The molecule has 0 aliphatic carbocycles. The Labute approximate surface area is 117 Å². The monoisotopic (exact) mass is 306 g/mol. The number of sulfonamides is 1. The molecule has 0 saturated carbocycles. The first-order chi connectivity index (χ1) is 8.86. The summed E-state index contributed by atoms with van der Waals surface area (Å²) in [5, 5.41) is 2.70. The molecule has 19 heavy (non-hydrogen) atoms. The number of carbonyl (C=O) groups excluding carboxylic acids is 1. The summed E-state index contributed by atoms with van der Waals surface area (Å²) in [7, 11) is -2.20. The summed E-state index contributed by atoms with van der Waals surface area (Å²) in [6.07, 6.45) is 0. The van der Waals surface area contributed by atoms with Gasteiger partial charge in [-0.25, -0.2) is 13.1 Å². The number of hydrogen-bond donors (Lipinski definition) is 2. The maximum absolute atomic E-state index is 11.9. The molecule has 0 aromatic heterocycles. The van der Waals surface area contributed by atoms with Gasteiger partial charge in [0.15, 0.2) is 0 Å². The molecule has 0 aliphatic rings. The lowest BCUT2D eigenvalue weighted by Crippen LogP contribution is -2.33. The smallest absolute Gasteiger partial charge is 0.240 e. The van der Waals surface area contributed by atoms with Gasteiger partial charge < -0.3 is 10.1 Å². The lowest BCUT2D eigenvalue weighted by molar-refractivity contribution is -0.118. The number of nitrogens with one attached hydrogen (secondary N) is 2. The molecule has 0 spiro atoms. The maximum atomic E-state index is 11.9. The van der Waals surface area contributed by atoms with Gasteiger partial charge >= 0.3 is 0 Å². The third kappa shape index (κ3) is 4.70. The highest BCUT2D eigenvalue weighted by Crippen LogP contribution is 2.26. The van der Waals surface area contributed by atoms with Gasteiger partial charge in [-0.2, -0.15) is 0 Å². The fourth-order valence-electron chi connectivity index (χ4n) is 1.32. The van der Waals surface area contributed by atoms with E-state index in [0.29, 0.717) is 5.75 Å². The fourth-order valence-corrected chi connectivity index (χ4v) is 2.70. The van der Waals surface area contributed by atoms with Crippen LogP contribution in [0, 0.1) is 0 Å². The van der Waals surface area contributed by atoms with Gasteiger partial charge in [-0.05, 0) is 18.2 Å². The molecule has 1 aromatic carbocycles. The Kier molecular flexibility index (Phi) is 5.59. The summed E-state index contributed by atoms with van der Waals surface area (Å²) in [5.41, 5.74) is 0. The molecule has 1 aromatic rings. The summed E-state index contributed by atoms with van der Waals surface area (Å²) < 4.78 is 31.1. The SMILES string of the molecule is COc1ccc(S(=O)(=O)NCCNC(C)=O)cc1Cl. The third-order valence-corrected chi connectivity index (χ3v) is 3.98. The van der Waals surface area contributed by atoms with Gasteiger partial charge in [0.05, 0.1) is 17.0 Å². The van der Waals surface area contributed by atoms with Gasteiger partial charge in [0.1, 0.15) is 5.75 Å². The van der Waals surface area contributed by atoms with Crippen molar-refractivity contribution >= 4 is 27.5 Å². The quantitative estimate of drug-likeness (QED) is 0.760. The van der Waals surface area contributed by atoms with Crippen LogP contribution in [0.1, 0.15) is 6.92 Å². The Morgan fingerprint density at radius 1 is 1.37 bits per heavy atom. The van der Waals surface area contributed by atoms with Crippen LogP contribution in [-0.2, 0) is 14.8 Å². The first-order valence-electron chi connectivity index (χ1n) is 5.44. The van der Waals surface area contributed by atoms with Crippen LogP contribution in [-0.4, -0.2) is 34.5 Å². The summed E-state index contributed by atoms with van der Waals surface area (Å²) in [4.78, 5) is 10.7. The third-order valence-electron chi connectivity index (χ3n) is 2.22. The number of hydrogen-bond acceptors (Lipinski definition) is 4. The number of benzene rings is 1. The summed E-state index contributed by atoms with van der Waals surface area (Å²) >= 11 is 5.86. The first-order valence-corrected chi connectivity index (χ1v) is 7.30. The van der Waals surface area contributed by atoms with Crippen molar-refractivity contribution in [2.75, 3.05) is 20.2 Å². The zero-order valence-electron chi connectivity index (χ0n) is 10.6. The molecule has 0 aliphatic heterocycles. The van der Waals surface area contributed by atoms with Crippen LogP contribution in [0.15, 0.2) is 23.1 Å². The molecule has 6 nitrogen and oxygen atoms in total. The van der Waals surface area contributed by atoms with Crippen LogP contribution in [0.4, 0.5) is 0 Å². The van der Waals surface area contributed by atoms with E-state index in [1.54, 1.807) is 0 Å².